The van der Waals surface area contributed by atoms with Gasteiger partial charge in [0.25, 0.3) is 0 Å². The SMILES string of the molecule is COc1cccc(C(=O)CSc2nnc(-c3ccc(Br)o3)n2Cc2ccccc2)c1. The highest BCUT2D eigenvalue weighted by molar-refractivity contribution is 9.10. The Morgan fingerprint density at radius 1 is 1.10 bits per heavy atom. The van der Waals surface area contributed by atoms with Gasteiger partial charge < -0.3 is 9.15 Å². The second-order valence-corrected chi connectivity index (χ2v) is 8.15. The minimum Gasteiger partial charge on any atom is -0.497 e. The van der Waals surface area contributed by atoms with Crippen LogP contribution in [-0.2, 0) is 6.54 Å². The standard InChI is InChI=1S/C22H18BrN3O3S/c1-28-17-9-5-8-16(12-17)18(27)14-30-22-25-24-21(19-10-11-20(23)29-19)26(22)13-15-6-3-2-4-7-15/h2-12H,13-14H2,1H3. The summed E-state index contributed by atoms with van der Waals surface area (Å²) in [6.45, 7) is 0.567. The van der Waals surface area contributed by atoms with Crippen molar-refractivity contribution in [3.8, 4) is 17.3 Å². The molecule has 0 atom stereocenters. The Kier molecular flexibility index (Phi) is 6.35. The minimum atomic E-state index is -0.00421. The average molecular weight is 484 g/mol. The molecule has 0 unspecified atom stereocenters. The molecule has 30 heavy (non-hydrogen) atoms. The van der Waals surface area contributed by atoms with E-state index in [9.17, 15) is 4.79 Å². The summed E-state index contributed by atoms with van der Waals surface area (Å²) >= 11 is 4.68. The molecule has 0 N–H and O–H groups in total. The monoisotopic (exact) mass is 483 g/mol. The molecule has 0 radical (unpaired) electrons. The maximum Gasteiger partial charge on any atom is 0.200 e. The smallest absolute Gasteiger partial charge is 0.200 e. The summed E-state index contributed by atoms with van der Waals surface area (Å²) in [5.74, 6) is 2.11. The molecule has 0 bridgehead atoms. The molecule has 0 fully saturated rings. The van der Waals surface area contributed by atoms with Crippen molar-refractivity contribution in [2.24, 2.45) is 0 Å². The molecule has 0 aliphatic rings. The lowest BCUT2D eigenvalue weighted by Crippen LogP contribution is -2.07. The number of hydrogen-bond donors (Lipinski definition) is 0. The van der Waals surface area contributed by atoms with Gasteiger partial charge in [-0.2, -0.15) is 0 Å². The molecule has 152 valence electrons. The number of thioether (sulfide) groups is 1. The van der Waals surface area contributed by atoms with E-state index < -0.39 is 0 Å². The number of nitrogens with zero attached hydrogens (tertiary/aromatic N) is 3. The van der Waals surface area contributed by atoms with E-state index in [1.165, 1.54) is 11.8 Å². The van der Waals surface area contributed by atoms with Crippen LogP contribution < -0.4 is 4.74 Å². The van der Waals surface area contributed by atoms with E-state index in [0.29, 0.717) is 39.3 Å². The molecule has 0 aliphatic heterocycles. The molecule has 2 heterocycles. The van der Waals surface area contributed by atoms with Gasteiger partial charge in [0.15, 0.2) is 21.4 Å². The molecule has 2 aromatic heterocycles. The van der Waals surface area contributed by atoms with E-state index in [0.717, 1.165) is 5.56 Å². The Hall–Kier alpha value is -2.84. The molecule has 6 nitrogen and oxygen atoms in total. The Labute approximate surface area is 186 Å². The van der Waals surface area contributed by atoms with Gasteiger partial charge in [-0.1, -0.05) is 54.2 Å². The molecule has 0 saturated carbocycles. The Morgan fingerprint density at radius 3 is 2.67 bits per heavy atom. The molecule has 0 spiro atoms. The molecule has 4 rings (SSSR count). The largest absolute Gasteiger partial charge is 0.497 e. The number of halogens is 1. The van der Waals surface area contributed by atoms with Gasteiger partial charge in [0.1, 0.15) is 5.75 Å². The highest BCUT2D eigenvalue weighted by atomic mass is 79.9. The van der Waals surface area contributed by atoms with Crippen LogP contribution >= 0.6 is 27.7 Å². The van der Waals surface area contributed by atoms with Gasteiger partial charge in [-0.15, -0.1) is 10.2 Å². The normalized spacial score (nSPS) is 10.9. The molecule has 4 aromatic rings. The van der Waals surface area contributed by atoms with Crippen molar-refractivity contribution in [2.75, 3.05) is 12.9 Å². The number of carbonyl (C=O) groups is 1. The molecule has 0 saturated heterocycles. The first kappa shape index (κ1) is 20.4. The van der Waals surface area contributed by atoms with Crippen molar-refractivity contribution < 1.29 is 13.9 Å². The predicted octanol–water partition coefficient (Wildman–Crippen LogP) is 5.33. The fraction of sp³-hybridized carbons (Fsp3) is 0.136. The maximum atomic E-state index is 12.7. The van der Waals surface area contributed by atoms with Crippen molar-refractivity contribution >= 4 is 33.5 Å². The average Bonchev–Trinajstić information content (AvgIpc) is 3.38. The summed E-state index contributed by atoms with van der Waals surface area (Å²) in [5.41, 5.74) is 1.70. The summed E-state index contributed by atoms with van der Waals surface area (Å²) < 4.78 is 13.5. The highest BCUT2D eigenvalue weighted by Gasteiger charge is 2.19. The quantitative estimate of drug-likeness (QED) is 0.249. The van der Waals surface area contributed by atoms with Crippen LogP contribution in [0.2, 0.25) is 0 Å². The van der Waals surface area contributed by atoms with Crippen molar-refractivity contribution in [2.45, 2.75) is 11.7 Å². The van der Waals surface area contributed by atoms with E-state index >= 15 is 0 Å². The lowest BCUT2D eigenvalue weighted by atomic mass is 10.1. The van der Waals surface area contributed by atoms with Crippen molar-refractivity contribution in [3.05, 3.63) is 82.5 Å². The van der Waals surface area contributed by atoms with Crippen LogP contribution in [0.4, 0.5) is 0 Å². The minimum absolute atomic E-state index is 0.00421. The molecular formula is C22H18BrN3O3S. The molecular weight excluding hydrogens is 466 g/mol. The van der Waals surface area contributed by atoms with Crippen molar-refractivity contribution in [1.29, 1.82) is 0 Å². The number of aromatic nitrogens is 3. The Balaban J connectivity index is 1.59. The van der Waals surface area contributed by atoms with Crippen LogP contribution in [0.25, 0.3) is 11.6 Å². The molecule has 0 amide bonds. The van der Waals surface area contributed by atoms with Crippen LogP contribution in [0.1, 0.15) is 15.9 Å². The van der Waals surface area contributed by atoms with Crippen molar-refractivity contribution in [1.82, 2.24) is 14.8 Å². The fourth-order valence-corrected chi connectivity index (χ4v) is 4.07. The number of rotatable bonds is 8. The third kappa shape index (κ3) is 4.66. The topological polar surface area (TPSA) is 70.2 Å². The number of ether oxygens (including phenoxy) is 1. The first-order chi connectivity index (χ1) is 14.6. The Morgan fingerprint density at radius 2 is 1.93 bits per heavy atom. The maximum absolute atomic E-state index is 12.7. The van der Waals surface area contributed by atoms with Crippen LogP contribution in [0.3, 0.4) is 0 Å². The summed E-state index contributed by atoms with van der Waals surface area (Å²) in [5, 5.41) is 9.29. The number of ketones is 1. The van der Waals surface area contributed by atoms with Gasteiger partial charge >= 0.3 is 0 Å². The zero-order valence-corrected chi connectivity index (χ0v) is 18.5. The number of benzene rings is 2. The van der Waals surface area contributed by atoms with Gasteiger partial charge in [-0.25, -0.2) is 0 Å². The van der Waals surface area contributed by atoms with Crippen LogP contribution in [0.15, 0.2) is 81.0 Å². The van der Waals surface area contributed by atoms with Gasteiger partial charge in [-0.3, -0.25) is 9.36 Å². The third-order valence-electron chi connectivity index (χ3n) is 4.42. The third-order valence-corrected chi connectivity index (χ3v) is 5.81. The van der Waals surface area contributed by atoms with Crippen LogP contribution in [0, 0.1) is 0 Å². The number of carbonyl (C=O) groups excluding carboxylic acids is 1. The van der Waals surface area contributed by atoms with Gasteiger partial charge in [0.2, 0.25) is 5.82 Å². The molecule has 8 heteroatoms. The number of methoxy groups -OCH3 is 1. The van der Waals surface area contributed by atoms with E-state index in [-0.39, 0.29) is 11.5 Å². The lowest BCUT2D eigenvalue weighted by Gasteiger charge is -2.09. The number of Topliss-reactive ketones (excluding diaryl/α,β-unsaturated/α-hetero) is 1. The predicted molar refractivity (Wildman–Crippen MR) is 119 cm³/mol. The van der Waals surface area contributed by atoms with E-state index in [2.05, 4.69) is 26.1 Å². The van der Waals surface area contributed by atoms with Gasteiger partial charge in [0, 0.05) is 5.56 Å². The van der Waals surface area contributed by atoms with E-state index in [1.54, 1.807) is 19.2 Å². The second kappa shape index (κ2) is 9.32. The van der Waals surface area contributed by atoms with Crippen molar-refractivity contribution in [3.63, 3.8) is 0 Å². The zero-order chi connectivity index (χ0) is 20.9. The van der Waals surface area contributed by atoms with Gasteiger partial charge in [0.05, 0.1) is 19.4 Å². The first-order valence-electron chi connectivity index (χ1n) is 9.17. The summed E-state index contributed by atoms with van der Waals surface area (Å²) in [7, 11) is 1.58. The molecule has 0 aliphatic carbocycles. The van der Waals surface area contributed by atoms with E-state index in [1.807, 2.05) is 59.2 Å². The summed E-state index contributed by atoms with van der Waals surface area (Å²) in [6.07, 6.45) is 0. The first-order valence-corrected chi connectivity index (χ1v) is 10.9. The Bertz CT molecular complexity index is 1160. The molecule has 2 aromatic carbocycles. The summed E-state index contributed by atoms with van der Waals surface area (Å²) in [4.78, 5) is 12.7. The second-order valence-electron chi connectivity index (χ2n) is 6.43. The van der Waals surface area contributed by atoms with Crippen LogP contribution in [0.5, 0.6) is 5.75 Å². The number of furan rings is 1. The van der Waals surface area contributed by atoms with Crippen LogP contribution in [-0.4, -0.2) is 33.4 Å². The lowest BCUT2D eigenvalue weighted by molar-refractivity contribution is 0.102. The highest BCUT2D eigenvalue weighted by Crippen LogP contribution is 2.28. The van der Waals surface area contributed by atoms with Gasteiger partial charge in [-0.05, 0) is 45.8 Å². The summed E-state index contributed by atoms with van der Waals surface area (Å²) in [6, 6.07) is 20.8. The zero-order valence-electron chi connectivity index (χ0n) is 16.1. The van der Waals surface area contributed by atoms with E-state index in [4.69, 9.17) is 9.15 Å². The fourth-order valence-electron chi connectivity index (χ4n) is 2.93. The number of hydrogen-bond acceptors (Lipinski definition) is 6.